The van der Waals surface area contributed by atoms with Crippen molar-refractivity contribution < 1.29 is 0 Å². The predicted molar refractivity (Wildman–Crippen MR) is 79.3 cm³/mol. The zero-order valence-corrected chi connectivity index (χ0v) is 11.8. The molecule has 0 aliphatic rings. The van der Waals surface area contributed by atoms with Crippen LogP contribution < -0.4 is 0 Å². The number of alkyl halides is 1. The van der Waals surface area contributed by atoms with Crippen molar-refractivity contribution in [3.63, 3.8) is 0 Å². The van der Waals surface area contributed by atoms with Crippen LogP contribution in [0, 0.1) is 0 Å². The van der Waals surface area contributed by atoms with Crippen molar-refractivity contribution in [1.82, 2.24) is 14.5 Å². The summed E-state index contributed by atoms with van der Waals surface area (Å²) in [6, 6.07) is 10.5. The largest absolute Gasteiger partial charge is 0.337 e. The van der Waals surface area contributed by atoms with Crippen LogP contribution in [0.4, 0.5) is 0 Å². The van der Waals surface area contributed by atoms with Crippen molar-refractivity contribution in [2.75, 3.05) is 19.0 Å². The Labute approximate surface area is 119 Å². The second-order valence-corrected chi connectivity index (χ2v) is 4.98. The first-order valence-electron chi connectivity index (χ1n) is 6.66. The summed E-state index contributed by atoms with van der Waals surface area (Å²) in [6.07, 6.45) is 6.80. The Morgan fingerprint density at radius 3 is 2.68 bits per heavy atom. The fraction of sp³-hybridized carbons (Fsp3) is 0.400. The van der Waals surface area contributed by atoms with Crippen molar-refractivity contribution in [2.24, 2.45) is 0 Å². The third-order valence-electron chi connectivity index (χ3n) is 3.10. The SMILES string of the molecule is ClCCN(CCCn1ccnc1)Cc1ccccc1. The van der Waals surface area contributed by atoms with Gasteiger partial charge in [0.1, 0.15) is 0 Å². The summed E-state index contributed by atoms with van der Waals surface area (Å²) in [7, 11) is 0. The first-order chi connectivity index (χ1) is 9.38. The molecule has 2 rings (SSSR count). The molecular formula is C15H20ClN3. The molecule has 1 aromatic heterocycles. The van der Waals surface area contributed by atoms with Crippen LogP contribution in [0.2, 0.25) is 0 Å². The van der Waals surface area contributed by atoms with E-state index >= 15 is 0 Å². The molecular weight excluding hydrogens is 258 g/mol. The Morgan fingerprint density at radius 2 is 2.00 bits per heavy atom. The van der Waals surface area contributed by atoms with Crippen LogP contribution in [0.5, 0.6) is 0 Å². The van der Waals surface area contributed by atoms with E-state index in [1.165, 1.54) is 5.56 Å². The summed E-state index contributed by atoms with van der Waals surface area (Å²) in [6.45, 7) is 3.96. The van der Waals surface area contributed by atoms with Gasteiger partial charge in [-0.1, -0.05) is 30.3 Å². The third kappa shape index (κ3) is 5.05. The number of benzene rings is 1. The van der Waals surface area contributed by atoms with E-state index in [1.54, 1.807) is 0 Å². The Hall–Kier alpha value is -1.32. The summed E-state index contributed by atoms with van der Waals surface area (Å²) in [5, 5.41) is 0. The van der Waals surface area contributed by atoms with Gasteiger partial charge in [-0.3, -0.25) is 4.90 Å². The lowest BCUT2D eigenvalue weighted by Gasteiger charge is -2.21. The van der Waals surface area contributed by atoms with Crippen LogP contribution in [-0.2, 0) is 13.1 Å². The molecule has 19 heavy (non-hydrogen) atoms. The highest BCUT2D eigenvalue weighted by atomic mass is 35.5. The van der Waals surface area contributed by atoms with Crippen LogP contribution >= 0.6 is 11.6 Å². The summed E-state index contributed by atoms with van der Waals surface area (Å²) in [5.74, 6) is 0.678. The van der Waals surface area contributed by atoms with Crippen LogP contribution in [0.3, 0.4) is 0 Å². The van der Waals surface area contributed by atoms with Gasteiger partial charge in [-0.05, 0) is 12.0 Å². The molecule has 0 fully saturated rings. The lowest BCUT2D eigenvalue weighted by atomic mass is 10.2. The monoisotopic (exact) mass is 277 g/mol. The molecule has 3 nitrogen and oxygen atoms in total. The maximum atomic E-state index is 5.88. The minimum atomic E-state index is 0.678. The van der Waals surface area contributed by atoms with Gasteiger partial charge in [0.25, 0.3) is 0 Å². The van der Waals surface area contributed by atoms with Gasteiger partial charge >= 0.3 is 0 Å². The zero-order chi connectivity index (χ0) is 13.3. The third-order valence-corrected chi connectivity index (χ3v) is 3.27. The number of hydrogen-bond donors (Lipinski definition) is 0. The van der Waals surface area contributed by atoms with Gasteiger partial charge in [0, 0.05) is 44.5 Å². The Morgan fingerprint density at radius 1 is 1.16 bits per heavy atom. The molecule has 0 unspecified atom stereocenters. The predicted octanol–water partition coefficient (Wildman–Crippen LogP) is 3.01. The maximum Gasteiger partial charge on any atom is 0.0945 e. The first-order valence-corrected chi connectivity index (χ1v) is 7.20. The van der Waals surface area contributed by atoms with Gasteiger partial charge in [-0.2, -0.15) is 0 Å². The van der Waals surface area contributed by atoms with Crippen molar-refractivity contribution >= 4 is 11.6 Å². The van der Waals surface area contributed by atoms with Crippen molar-refractivity contribution in [1.29, 1.82) is 0 Å². The molecule has 1 aromatic carbocycles. The van der Waals surface area contributed by atoms with Gasteiger partial charge in [-0.15, -0.1) is 11.6 Å². The van der Waals surface area contributed by atoms with Gasteiger partial charge < -0.3 is 4.57 Å². The zero-order valence-electron chi connectivity index (χ0n) is 11.1. The molecule has 0 radical (unpaired) electrons. The number of hydrogen-bond acceptors (Lipinski definition) is 2. The van der Waals surface area contributed by atoms with E-state index in [4.69, 9.17) is 11.6 Å². The topological polar surface area (TPSA) is 21.1 Å². The second kappa shape index (κ2) is 7.97. The lowest BCUT2D eigenvalue weighted by Crippen LogP contribution is -2.27. The summed E-state index contributed by atoms with van der Waals surface area (Å²) >= 11 is 5.88. The Kier molecular flexibility index (Phi) is 5.92. The molecule has 4 heteroatoms. The van der Waals surface area contributed by atoms with E-state index in [1.807, 2.05) is 18.7 Å². The summed E-state index contributed by atoms with van der Waals surface area (Å²) in [5.41, 5.74) is 1.34. The second-order valence-electron chi connectivity index (χ2n) is 4.60. The van der Waals surface area contributed by atoms with Crippen molar-refractivity contribution in [3.05, 3.63) is 54.6 Å². The van der Waals surface area contributed by atoms with Gasteiger partial charge in [0.2, 0.25) is 0 Å². The molecule has 0 saturated carbocycles. The van der Waals surface area contributed by atoms with E-state index in [2.05, 4.69) is 44.8 Å². The van der Waals surface area contributed by atoms with E-state index in [0.29, 0.717) is 5.88 Å². The van der Waals surface area contributed by atoms with Gasteiger partial charge in [0.05, 0.1) is 6.33 Å². The Bertz CT molecular complexity index is 442. The standard InChI is InChI=1S/C15H20ClN3/c16-7-11-18(13-15-5-2-1-3-6-15)9-4-10-19-12-8-17-14-19/h1-3,5-6,8,12,14H,4,7,9-11,13H2. The van der Waals surface area contributed by atoms with Crippen LogP contribution in [0.1, 0.15) is 12.0 Å². The van der Waals surface area contributed by atoms with E-state index < -0.39 is 0 Å². The molecule has 0 spiro atoms. The number of nitrogens with zero attached hydrogens (tertiary/aromatic N) is 3. The number of imidazole rings is 1. The minimum Gasteiger partial charge on any atom is -0.337 e. The molecule has 102 valence electrons. The highest BCUT2D eigenvalue weighted by molar-refractivity contribution is 6.18. The van der Waals surface area contributed by atoms with Crippen LogP contribution in [0.25, 0.3) is 0 Å². The number of rotatable bonds is 8. The molecule has 0 bridgehead atoms. The number of aryl methyl sites for hydroxylation is 1. The van der Waals surface area contributed by atoms with E-state index in [0.717, 1.165) is 32.6 Å². The van der Waals surface area contributed by atoms with E-state index in [9.17, 15) is 0 Å². The Balaban J connectivity index is 1.79. The number of halogens is 1. The smallest absolute Gasteiger partial charge is 0.0945 e. The van der Waals surface area contributed by atoms with Crippen LogP contribution in [-0.4, -0.2) is 33.4 Å². The molecule has 0 amide bonds. The molecule has 0 atom stereocenters. The molecule has 0 saturated heterocycles. The molecule has 1 heterocycles. The summed E-state index contributed by atoms with van der Waals surface area (Å²) in [4.78, 5) is 6.45. The lowest BCUT2D eigenvalue weighted by molar-refractivity contribution is 0.272. The van der Waals surface area contributed by atoms with Crippen molar-refractivity contribution in [2.45, 2.75) is 19.5 Å². The van der Waals surface area contributed by atoms with Crippen LogP contribution in [0.15, 0.2) is 49.1 Å². The summed E-state index contributed by atoms with van der Waals surface area (Å²) < 4.78 is 2.11. The molecule has 0 aliphatic heterocycles. The first kappa shape index (κ1) is 14.1. The quantitative estimate of drug-likeness (QED) is 0.692. The minimum absolute atomic E-state index is 0.678. The molecule has 2 aromatic rings. The van der Waals surface area contributed by atoms with Gasteiger partial charge in [0.15, 0.2) is 0 Å². The molecule has 0 N–H and O–H groups in total. The average molecular weight is 278 g/mol. The highest BCUT2D eigenvalue weighted by Crippen LogP contribution is 2.06. The fourth-order valence-electron chi connectivity index (χ4n) is 2.13. The van der Waals surface area contributed by atoms with E-state index in [-0.39, 0.29) is 0 Å². The van der Waals surface area contributed by atoms with Gasteiger partial charge in [-0.25, -0.2) is 4.98 Å². The fourth-order valence-corrected chi connectivity index (χ4v) is 2.37. The molecule has 0 aliphatic carbocycles. The number of aromatic nitrogens is 2. The van der Waals surface area contributed by atoms with Crippen molar-refractivity contribution in [3.8, 4) is 0 Å². The average Bonchev–Trinajstić information content (AvgIpc) is 2.93. The highest BCUT2D eigenvalue weighted by Gasteiger charge is 2.05. The normalized spacial score (nSPS) is 11.1. The maximum absolute atomic E-state index is 5.88.